The molecule has 4 heteroatoms. The molecule has 0 fully saturated rings. The van der Waals surface area contributed by atoms with Gasteiger partial charge in [-0.3, -0.25) is 4.98 Å². The fourth-order valence-corrected chi connectivity index (χ4v) is 2.81. The van der Waals surface area contributed by atoms with E-state index in [1.807, 2.05) is 18.3 Å². The van der Waals surface area contributed by atoms with E-state index in [4.69, 9.17) is 5.73 Å². The summed E-state index contributed by atoms with van der Waals surface area (Å²) in [7, 11) is 0. The van der Waals surface area contributed by atoms with Gasteiger partial charge in [-0.25, -0.2) is 9.97 Å². The lowest BCUT2D eigenvalue weighted by molar-refractivity contribution is 0.780. The second-order valence-corrected chi connectivity index (χ2v) is 6.02. The zero-order valence-corrected chi connectivity index (χ0v) is 14.2. The molecule has 3 rings (SSSR count). The van der Waals surface area contributed by atoms with Crippen molar-refractivity contribution in [3.05, 3.63) is 71.2 Å². The third kappa shape index (κ3) is 3.77. The summed E-state index contributed by atoms with van der Waals surface area (Å²) in [6, 6.07) is 14.3. The zero-order chi connectivity index (χ0) is 16.9. The third-order valence-corrected chi connectivity index (χ3v) is 4.27. The minimum absolute atomic E-state index is 0.334. The monoisotopic (exact) mass is 318 g/mol. The molecular weight excluding hydrogens is 296 g/mol. The molecule has 0 bridgehead atoms. The molecule has 0 spiro atoms. The summed E-state index contributed by atoms with van der Waals surface area (Å²) >= 11 is 0. The molecular formula is C20H22N4. The van der Waals surface area contributed by atoms with Crippen molar-refractivity contribution in [2.24, 2.45) is 0 Å². The van der Waals surface area contributed by atoms with Crippen molar-refractivity contribution in [2.45, 2.75) is 33.1 Å². The van der Waals surface area contributed by atoms with Crippen LogP contribution in [0.15, 0.2) is 48.7 Å². The average molecular weight is 318 g/mol. The molecule has 0 saturated heterocycles. The highest BCUT2D eigenvalue weighted by Gasteiger charge is 2.09. The first-order valence-electron chi connectivity index (χ1n) is 8.23. The van der Waals surface area contributed by atoms with Crippen molar-refractivity contribution in [1.82, 2.24) is 15.0 Å². The number of rotatable bonds is 5. The van der Waals surface area contributed by atoms with Gasteiger partial charge in [0.25, 0.3) is 0 Å². The highest BCUT2D eigenvalue weighted by molar-refractivity contribution is 5.66. The van der Waals surface area contributed by atoms with E-state index in [0.717, 1.165) is 41.9 Å². The Bertz CT molecular complexity index is 828. The van der Waals surface area contributed by atoms with Gasteiger partial charge in [0.15, 0.2) is 0 Å². The number of nitrogens with two attached hydrogens (primary N) is 1. The lowest BCUT2D eigenvalue weighted by atomic mass is 10.00. The summed E-state index contributed by atoms with van der Waals surface area (Å²) in [5.74, 6) is 0.334. The Balaban J connectivity index is 1.78. The van der Waals surface area contributed by atoms with Crippen molar-refractivity contribution >= 4 is 5.95 Å². The van der Waals surface area contributed by atoms with E-state index in [1.54, 1.807) is 0 Å². The van der Waals surface area contributed by atoms with Gasteiger partial charge in [-0.05, 0) is 62.4 Å². The Kier molecular flexibility index (Phi) is 4.85. The lowest BCUT2D eigenvalue weighted by Crippen LogP contribution is -2.03. The molecule has 24 heavy (non-hydrogen) atoms. The lowest BCUT2D eigenvalue weighted by Gasteiger charge is -2.10. The number of nitrogen functional groups attached to an aromatic ring is 1. The van der Waals surface area contributed by atoms with Crippen LogP contribution in [0, 0.1) is 13.8 Å². The highest BCUT2D eigenvalue weighted by Crippen LogP contribution is 2.25. The quantitative estimate of drug-likeness (QED) is 0.774. The molecule has 0 amide bonds. The van der Waals surface area contributed by atoms with Gasteiger partial charge >= 0.3 is 0 Å². The van der Waals surface area contributed by atoms with E-state index >= 15 is 0 Å². The first-order chi connectivity index (χ1) is 11.6. The summed E-state index contributed by atoms with van der Waals surface area (Å²) < 4.78 is 0. The molecule has 0 aliphatic heterocycles. The summed E-state index contributed by atoms with van der Waals surface area (Å²) in [5.41, 5.74) is 12.5. The van der Waals surface area contributed by atoms with Crippen LogP contribution in [-0.4, -0.2) is 15.0 Å². The summed E-state index contributed by atoms with van der Waals surface area (Å²) in [4.78, 5) is 13.2. The second-order valence-electron chi connectivity index (χ2n) is 6.02. The van der Waals surface area contributed by atoms with Gasteiger partial charge in [0.2, 0.25) is 5.95 Å². The topological polar surface area (TPSA) is 64.7 Å². The fourth-order valence-electron chi connectivity index (χ4n) is 2.81. The zero-order valence-electron chi connectivity index (χ0n) is 14.2. The van der Waals surface area contributed by atoms with Gasteiger partial charge in [-0.2, -0.15) is 0 Å². The van der Waals surface area contributed by atoms with Crippen molar-refractivity contribution < 1.29 is 0 Å². The Hall–Kier alpha value is -2.75. The van der Waals surface area contributed by atoms with E-state index in [9.17, 15) is 0 Å². The van der Waals surface area contributed by atoms with Crippen LogP contribution in [0.25, 0.3) is 11.3 Å². The summed E-state index contributed by atoms with van der Waals surface area (Å²) in [6.45, 7) is 4.22. The van der Waals surface area contributed by atoms with E-state index in [-0.39, 0.29) is 0 Å². The van der Waals surface area contributed by atoms with Gasteiger partial charge in [-0.1, -0.05) is 24.3 Å². The Morgan fingerprint density at radius 3 is 2.54 bits per heavy atom. The van der Waals surface area contributed by atoms with E-state index in [1.165, 1.54) is 11.1 Å². The largest absolute Gasteiger partial charge is 0.368 e. The maximum atomic E-state index is 5.93. The van der Waals surface area contributed by atoms with E-state index in [2.05, 4.69) is 59.1 Å². The molecule has 0 atom stereocenters. The maximum absolute atomic E-state index is 5.93. The molecule has 122 valence electrons. The number of aromatic nitrogens is 3. The highest BCUT2D eigenvalue weighted by atomic mass is 15.0. The maximum Gasteiger partial charge on any atom is 0.220 e. The molecule has 0 aliphatic rings. The summed E-state index contributed by atoms with van der Waals surface area (Å²) in [6.07, 6.45) is 4.61. The number of anilines is 1. The van der Waals surface area contributed by atoms with Crippen LogP contribution in [0.3, 0.4) is 0 Å². The van der Waals surface area contributed by atoms with Crippen LogP contribution in [0.2, 0.25) is 0 Å². The first-order valence-corrected chi connectivity index (χ1v) is 8.23. The Morgan fingerprint density at radius 2 is 1.75 bits per heavy atom. The van der Waals surface area contributed by atoms with Crippen molar-refractivity contribution in [2.75, 3.05) is 5.73 Å². The van der Waals surface area contributed by atoms with Crippen molar-refractivity contribution in [3.63, 3.8) is 0 Å². The Labute approximate surface area is 142 Å². The van der Waals surface area contributed by atoms with E-state index < -0.39 is 0 Å². The minimum Gasteiger partial charge on any atom is -0.368 e. The van der Waals surface area contributed by atoms with Crippen molar-refractivity contribution in [3.8, 4) is 11.3 Å². The number of pyridine rings is 1. The van der Waals surface area contributed by atoms with Crippen LogP contribution >= 0.6 is 0 Å². The molecule has 2 aromatic heterocycles. The normalized spacial score (nSPS) is 10.8. The fraction of sp³-hybridized carbons (Fsp3) is 0.250. The molecule has 0 aliphatic carbocycles. The van der Waals surface area contributed by atoms with Crippen LogP contribution < -0.4 is 5.73 Å². The van der Waals surface area contributed by atoms with Gasteiger partial charge in [0.1, 0.15) is 0 Å². The molecule has 1 aromatic carbocycles. The predicted octanol–water partition coefficient (Wildman–Crippen LogP) is 3.91. The number of hydrogen-bond acceptors (Lipinski definition) is 4. The second kappa shape index (κ2) is 7.21. The number of hydrogen-bond donors (Lipinski definition) is 1. The van der Waals surface area contributed by atoms with Gasteiger partial charge in [0.05, 0.1) is 5.69 Å². The van der Waals surface area contributed by atoms with Gasteiger partial charge < -0.3 is 5.73 Å². The molecule has 0 unspecified atom stereocenters. The first kappa shape index (κ1) is 16.1. The van der Waals surface area contributed by atoms with Crippen molar-refractivity contribution in [1.29, 1.82) is 0 Å². The standard InChI is InChI=1S/C20H22N4/c1-14-7-5-11-18(15(14)2)19-13-17(23-20(21)24-19)10-6-9-16-8-3-4-12-22-16/h3-5,7-8,11-13H,6,9-10H2,1-2H3,(H2,21,23,24). The molecule has 2 heterocycles. The minimum atomic E-state index is 0.334. The van der Waals surface area contributed by atoms with Crippen LogP contribution in [0.5, 0.6) is 0 Å². The summed E-state index contributed by atoms with van der Waals surface area (Å²) in [5, 5.41) is 0. The predicted molar refractivity (Wildman–Crippen MR) is 97.6 cm³/mol. The SMILES string of the molecule is Cc1cccc(-c2cc(CCCc3ccccn3)nc(N)n2)c1C. The average Bonchev–Trinajstić information content (AvgIpc) is 2.58. The van der Waals surface area contributed by atoms with Crippen LogP contribution in [0.4, 0.5) is 5.95 Å². The molecule has 0 radical (unpaired) electrons. The molecule has 2 N–H and O–H groups in total. The number of nitrogens with zero attached hydrogens (tertiary/aromatic N) is 3. The Morgan fingerprint density at radius 1 is 0.917 bits per heavy atom. The van der Waals surface area contributed by atoms with Gasteiger partial charge in [-0.15, -0.1) is 0 Å². The number of aryl methyl sites for hydroxylation is 3. The number of benzene rings is 1. The third-order valence-electron chi connectivity index (χ3n) is 4.27. The van der Waals surface area contributed by atoms with E-state index in [0.29, 0.717) is 5.95 Å². The van der Waals surface area contributed by atoms with Crippen LogP contribution in [0.1, 0.15) is 28.9 Å². The smallest absolute Gasteiger partial charge is 0.220 e. The van der Waals surface area contributed by atoms with Gasteiger partial charge in [0, 0.05) is 23.1 Å². The van der Waals surface area contributed by atoms with Crippen LogP contribution in [-0.2, 0) is 12.8 Å². The molecule has 0 saturated carbocycles. The molecule has 4 nitrogen and oxygen atoms in total. The molecule has 3 aromatic rings.